The van der Waals surface area contributed by atoms with Gasteiger partial charge in [-0.3, -0.25) is 14.8 Å². The van der Waals surface area contributed by atoms with Gasteiger partial charge in [-0.2, -0.15) is 13.2 Å². The van der Waals surface area contributed by atoms with E-state index in [-0.39, 0.29) is 17.5 Å². The van der Waals surface area contributed by atoms with Crippen LogP contribution in [-0.2, 0) is 6.18 Å². The first-order valence-corrected chi connectivity index (χ1v) is 7.21. The molecule has 0 saturated carbocycles. The van der Waals surface area contributed by atoms with Crippen molar-refractivity contribution in [3.63, 3.8) is 0 Å². The van der Waals surface area contributed by atoms with Gasteiger partial charge >= 0.3 is 6.18 Å². The van der Waals surface area contributed by atoms with Crippen LogP contribution in [0.25, 0.3) is 0 Å². The maximum atomic E-state index is 12.6. The first-order chi connectivity index (χ1) is 11.0. The first-order valence-electron chi connectivity index (χ1n) is 7.21. The Hall–Kier alpha value is -2.44. The molecule has 1 atom stereocenters. The van der Waals surface area contributed by atoms with E-state index < -0.39 is 11.9 Å². The molecule has 3 heterocycles. The van der Waals surface area contributed by atoms with E-state index in [2.05, 4.69) is 9.97 Å². The van der Waals surface area contributed by atoms with Crippen LogP contribution < -0.4 is 0 Å². The van der Waals surface area contributed by atoms with Crippen molar-refractivity contribution in [1.29, 1.82) is 0 Å². The molecule has 1 fully saturated rings. The van der Waals surface area contributed by atoms with Gasteiger partial charge in [0, 0.05) is 25.1 Å². The van der Waals surface area contributed by atoms with Gasteiger partial charge in [-0.1, -0.05) is 6.07 Å². The van der Waals surface area contributed by atoms with Crippen molar-refractivity contribution in [3.8, 4) is 0 Å². The Labute approximate surface area is 131 Å². The molecule has 1 amide bonds. The molecule has 0 aliphatic carbocycles. The van der Waals surface area contributed by atoms with Crippen LogP contribution in [0.2, 0.25) is 0 Å². The van der Waals surface area contributed by atoms with E-state index >= 15 is 0 Å². The summed E-state index contributed by atoms with van der Waals surface area (Å²) < 4.78 is 37.6. The maximum Gasteiger partial charge on any atom is 0.433 e. The Morgan fingerprint density at radius 1 is 1.22 bits per heavy atom. The van der Waals surface area contributed by atoms with E-state index in [9.17, 15) is 18.0 Å². The summed E-state index contributed by atoms with van der Waals surface area (Å²) in [6.07, 6.45) is 1.51. The molecule has 0 aromatic carbocycles. The molecule has 1 unspecified atom stereocenters. The van der Waals surface area contributed by atoms with Crippen LogP contribution in [0.5, 0.6) is 0 Å². The summed E-state index contributed by atoms with van der Waals surface area (Å²) in [4.78, 5) is 21.7. The van der Waals surface area contributed by atoms with Crippen molar-refractivity contribution in [2.45, 2.75) is 25.1 Å². The van der Waals surface area contributed by atoms with Gasteiger partial charge in [-0.25, -0.2) is 0 Å². The number of nitrogens with zero attached hydrogens (tertiary/aromatic N) is 3. The van der Waals surface area contributed by atoms with Crippen molar-refractivity contribution in [3.05, 3.63) is 59.7 Å². The summed E-state index contributed by atoms with van der Waals surface area (Å²) in [5.74, 6) is -0.308. The number of likely N-dealkylation sites (tertiary alicyclic amines) is 1. The minimum atomic E-state index is -4.51. The van der Waals surface area contributed by atoms with Crippen LogP contribution >= 0.6 is 0 Å². The second-order valence-corrected chi connectivity index (χ2v) is 5.37. The number of amides is 1. The fourth-order valence-corrected chi connectivity index (χ4v) is 2.78. The number of halogens is 3. The summed E-state index contributed by atoms with van der Waals surface area (Å²) >= 11 is 0. The second kappa shape index (κ2) is 5.98. The van der Waals surface area contributed by atoms with Crippen LogP contribution in [0, 0.1) is 0 Å². The molecule has 2 aromatic rings. The molecule has 0 bridgehead atoms. The average molecular weight is 321 g/mol. The number of hydrogen-bond donors (Lipinski definition) is 0. The third-order valence-electron chi connectivity index (χ3n) is 3.88. The van der Waals surface area contributed by atoms with E-state index in [1.165, 1.54) is 6.07 Å². The highest BCUT2D eigenvalue weighted by atomic mass is 19.4. The van der Waals surface area contributed by atoms with Crippen molar-refractivity contribution >= 4 is 5.91 Å². The van der Waals surface area contributed by atoms with E-state index in [1.807, 2.05) is 6.07 Å². The summed E-state index contributed by atoms with van der Waals surface area (Å²) in [5, 5.41) is 0. The standard InChI is InChI=1S/C16H14F3N3O/c17-16(18,19)14-6-5-12(10-21-14)15(23)22-8-2-4-13(22)11-3-1-7-20-9-11/h1,3,5-7,9-10,13H,2,4,8H2. The number of pyridine rings is 2. The summed E-state index contributed by atoms with van der Waals surface area (Å²) in [6.45, 7) is 0.569. The predicted molar refractivity (Wildman–Crippen MR) is 76.5 cm³/mol. The van der Waals surface area contributed by atoms with Gasteiger partial charge in [0.1, 0.15) is 5.69 Å². The van der Waals surface area contributed by atoms with Crippen LogP contribution in [0.1, 0.15) is 40.5 Å². The summed E-state index contributed by atoms with van der Waals surface area (Å²) in [5.41, 5.74) is 0.0892. The molecule has 0 radical (unpaired) electrons. The number of rotatable bonds is 2. The largest absolute Gasteiger partial charge is 0.433 e. The van der Waals surface area contributed by atoms with Gasteiger partial charge < -0.3 is 4.90 Å². The van der Waals surface area contributed by atoms with Gasteiger partial charge in [-0.15, -0.1) is 0 Å². The van der Waals surface area contributed by atoms with Crippen LogP contribution in [0.4, 0.5) is 13.2 Å². The molecule has 120 valence electrons. The van der Waals surface area contributed by atoms with Crippen LogP contribution in [0.3, 0.4) is 0 Å². The monoisotopic (exact) mass is 321 g/mol. The quantitative estimate of drug-likeness (QED) is 0.851. The average Bonchev–Trinajstić information content (AvgIpc) is 3.04. The maximum absolute atomic E-state index is 12.6. The molecule has 2 aromatic heterocycles. The normalized spacial score (nSPS) is 18.2. The van der Waals surface area contributed by atoms with E-state index in [0.29, 0.717) is 6.54 Å². The Balaban J connectivity index is 1.82. The lowest BCUT2D eigenvalue weighted by atomic mass is 10.1. The van der Waals surface area contributed by atoms with Crippen molar-refractivity contribution in [2.24, 2.45) is 0 Å². The fraction of sp³-hybridized carbons (Fsp3) is 0.312. The third-order valence-corrected chi connectivity index (χ3v) is 3.88. The SMILES string of the molecule is O=C(c1ccc(C(F)(F)F)nc1)N1CCCC1c1cccnc1. The van der Waals surface area contributed by atoms with Crippen molar-refractivity contribution in [2.75, 3.05) is 6.54 Å². The molecule has 1 saturated heterocycles. The highest BCUT2D eigenvalue weighted by molar-refractivity contribution is 5.94. The van der Waals surface area contributed by atoms with Gasteiger partial charge in [0.15, 0.2) is 0 Å². The molecule has 4 nitrogen and oxygen atoms in total. The fourth-order valence-electron chi connectivity index (χ4n) is 2.78. The van der Waals surface area contributed by atoms with Gasteiger partial charge in [0.25, 0.3) is 5.91 Å². The Bertz CT molecular complexity index is 686. The Morgan fingerprint density at radius 2 is 2.04 bits per heavy atom. The number of carbonyl (C=O) groups excluding carboxylic acids is 1. The molecule has 1 aliphatic rings. The summed E-state index contributed by atoms with van der Waals surface area (Å²) in [7, 11) is 0. The minimum Gasteiger partial charge on any atom is -0.331 e. The van der Waals surface area contributed by atoms with E-state index in [4.69, 9.17) is 0 Å². The molecule has 0 N–H and O–H groups in total. The zero-order valence-corrected chi connectivity index (χ0v) is 12.1. The molecular formula is C16H14F3N3O. The highest BCUT2D eigenvalue weighted by Crippen LogP contribution is 2.33. The van der Waals surface area contributed by atoms with Crippen molar-refractivity contribution in [1.82, 2.24) is 14.9 Å². The molecule has 0 spiro atoms. The van der Waals surface area contributed by atoms with Crippen molar-refractivity contribution < 1.29 is 18.0 Å². The van der Waals surface area contributed by atoms with E-state index in [1.54, 1.807) is 23.4 Å². The number of aromatic nitrogens is 2. The minimum absolute atomic E-state index is 0.0986. The Morgan fingerprint density at radius 3 is 2.65 bits per heavy atom. The lowest BCUT2D eigenvalue weighted by molar-refractivity contribution is -0.141. The van der Waals surface area contributed by atoms with Gasteiger partial charge in [0.05, 0.1) is 11.6 Å². The second-order valence-electron chi connectivity index (χ2n) is 5.37. The third kappa shape index (κ3) is 3.18. The first kappa shape index (κ1) is 15.5. The predicted octanol–water partition coefficient (Wildman–Crippen LogP) is 3.47. The number of alkyl halides is 3. The molecule has 23 heavy (non-hydrogen) atoms. The lowest BCUT2D eigenvalue weighted by Gasteiger charge is -2.25. The van der Waals surface area contributed by atoms with Gasteiger partial charge in [0.2, 0.25) is 0 Å². The number of hydrogen-bond acceptors (Lipinski definition) is 3. The van der Waals surface area contributed by atoms with Crippen LogP contribution in [-0.4, -0.2) is 27.3 Å². The number of carbonyl (C=O) groups is 1. The molecular weight excluding hydrogens is 307 g/mol. The highest BCUT2D eigenvalue weighted by Gasteiger charge is 2.34. The zero-order chi connectivity index (χ0) is 16.4. The summed E-state index contributed by atoms with van der Waals surface area (Å²) in [6, 6.07) is 5.61. The smallest absolute Gasteiger partial charge is 0.331 e. The molecule has 1 aliphatic heterocycles. The molecule has 3 rings (SSSR count). The zero-order valence-electron chi connectivity index (χ0n) is 12.1. The molecule has 7 heteroatoms. The topological polar surface area (TPSA) is 46.1 Å². The van der Waals surface area contributed by atoms with Crippen LogP contribution in [0.15, 0.2) is 42.9 Å². The Kier molecular flexibility index (Phi) is 4.02. The van der Waals surface area contributed by atoms with E-state index in [0.717, 1.165) is 30.7 Å². The lowest BCUT2D eigenvalue weighted by Crippen LogP contribution is -2.30. The van der Waals surface area contributed by atoms with Gasteiger partial charge in [-0.05, 0) is 36.6 Å².